The number of carbonyl (C=O) groups is 2. The maximum absolute atomic E-state index is 12.6. The number of nitro benzene ring substituents is 1. The molecule has 0 spiro atoms. The van der Waals surface area contributed by atoms with Crippen molar-refractivity contribution in [1.82, 2.24) is 4.98 Å². The molecule has 0 radical (unpaired) electrons. The average Bonchev–Trinajstić information content (AvgIpc) is 3.04. The maximum Gasteiger partial charge on any atom is 0.320 e. The van der Waals surface area contributed by atoms with Gasteiger partial charge in [0, 0.05) is 22.9 Å². The van der Waals surface area contributed by atoms with Gasteiger partial charge in [0.2, 0.25) is 0 Å². The first-order valence-corrected chi connectivity index (χ1v) is 9.36. The van der Waals surface area contributed by atoms with Crippen LogP contribution in [0.2, 0.25) is 0 Å². The number of fused-ring (bicyclic) bond motifs is 1. The Balaban J connectivity index is 2.23. The summed E-state index contributed by atoms with van der Waals surface area (Å²) in [5, 5.41) is 10.6. The SMILES string of the molecule is COC(=O)[C@@H]1[C@@H](c2cccc([N+](=O)[O-])c2)c2sc(=O)[nH]c2S[C@@H]1C(=O)OC. The largest absolute Gasteiger partial charge is 0.469 e. The number of non-ortho nitro benzene ring substituents is 1. The van der Waals surface area contributed by atoms with Crippen molar-refractivity contribution in [2.45, 2.75) is 16.2 Å². The monoisotopic (exact) mass is 410 g/mol. The number of nitrogens with zero attached hydrogens (tertiary/aromatic N) is 1. The molecule has 1 aliphatic rings. The van der Waals surface area contributed by atoms with Gasteiger partial charge in [0.15, 0.2) is 0 Å². The smallest absolute Gasteiger partial charge is 0.320 e. The van der Waals surface area contributed by atoms with Crippen LogP contribution in [0.5, 0.6) is 0 Å². The molecule has 1 aliphatic heterocycles. The molecule has 142 valence electrons. The van der Waals surface area contributed by atoms with Gasteiger partial charge in [0.25, 0.3) is 5.69 Å². The number of thioether (sulfide) groups is 1. The molecule has 0 saturated heterocycles. The highest BCUT2D eigenvalue weighted by Gasteiger charge is 2.49. The van der Waals surface area contributed by atoms with E-state index in [0.717, 1.165) is 23.1 Å². The highest BCUT2D eigenvalue weighted by Crippen LogP contribution is 2.50. The molecule has 3 rings (SSSR count). The van der Waals surface area contributed by atoms with Gasteiger partial charge >= 0.3 is 16.8 Å². The zero-order valence-corrected chi connectivity index (χ0v) is 15.8. The molecule has 1 aromatic heterocycles. The van der Waals surface area contributed by atoms with Crippen LogP contribution in [0.3, 0.4) is 0 Å². The normalized spacial score (nSPS) is 21.2. The van der Waals surface area contributed by atoms with Crippen LogP contribution in [0.4, 0.5) is 5.69 Å². The lowest BCUT2D eigenvalue weighted by atomic mass is 9.82. The molecule has 0 unspecified atom stereocenters. The van der Waals surface area contributed by atoms with Crippen molar-refractivity contribution < 1.29 is 24.0 Å². The topological polar surface area (TPSA) is 129 Å². The van der Waals surface area contributed by atoms with E-state index in [9.17, 15) is 24.5 Å². The van der Waals surface area contributed by atoms with Gasteiger partial charge < -0.3 is 14.5 Å². The number of benzene rings is 1. The lowest BCUT2D eigenvalue weighted by molar-refractivity contribution is -0.384. The Morgan fingerprint density at radius 3 is 2.56 bits per heavy atom. The van der Waals surface area contributed by atoms with Crippen LogP contribution in [-0.2, 0) is 19.1 Å². The van der Waals surface area contributed by atoms with E-state index < -0.39 is 33.9 Å². The molecule has 0 amide bonds. The van der Waals surface area contributed by atoms with Gasteiger partial charge in [-0.2, -0.15) is 0 Å². The molecule has 0 bridgehead atoms. The number of carbonyl (C=O) groups excluding carboxylic acids is 2. The molecule has 1 aromatic carbocycles. The fourth-order valence-electron chi connectivity index (χ4n) is 3.05. The van der Waals surface area contributed by atoms with E-state index in [4.69, 9.17) is 9.47 Å². The average molecular weight is 410 g/mol. The summed E-state index contributed by atoms with van der Waals surface area (Å²) < 4.78 is 9.71. The molecule has 2 heterocycles. The van der Waals surface area contributed by atoms with Gasteiger partial charge in [-0.25, -0.2) is 0 Å². The van der Waals surface area contributed by atoms with Crippen LogP contribution in [0.25, 0.3) is 0 Å². The number of nitro groups is 1. The number of H-pyrrole nitrogens is 1. The molecule has 2 aromatic rings. The number of esters is 2. The molecule has 1 N–H and O–H groups in total. The van der Waals surface area contributed by atoms with E-state index in [0.29, 0.717) is 15.5 Å². The second-order valence-corrected chi connectivity index (χ2v) is 7.81. The summed E-state index contributed by atoms with van der Waals surface area (Å²) in [7, 11) is 2.40. The van der Waals surface area contributed by atoms with Gasteiger partial charge in [-0.15, -0.1) is 0 Å². The number of aromatic nitrogens is 1. The number of rotatable bonds is 4. The maximum atomic E-state index is 12.6. The van der Waals surface area contributed by atoms with Crippen LogP contribution in [0.15, 0.2) is 34.1 Å². The second kappa shape index (κ2) is 7.53. The van der Waals surface area contributed by atoms with E-state index in [2.05, 4.69) is 4.98 Å². The lowest BCUT2D eigenvalue weighted by Crippen LogP contribution is -2.40. The first kappa shape index (κ1) is 19.1. The molecule has 0 fully saturated rings. The van der Waals surface area contributed by atoms with Crippen molar-refractivity contribution in [2.24, 2.45) is 5.92 Å². The molecule has 3 atom stereocenters. The molecule has 0 saturated carbocycles. The summed E-state index contributed by atoms with van der Waals surface area (Å²) >= 11 is 1.92. The van der Waals surface area contributed by atoms with Gasteiger partial charge in [0.05, 0.1) is 30.1 Å². The molecule has 9 nitrogen and oxygen atoms in total. The van der Waals surface area contributed by atoms with Crippen LogP contribution >= 0.6 is 23.1 Å². The highest BCUT2D eigenvalue weighted by atomic mass is 32.2. The number of hydrogen-bond acceptors (Lipinski definition) is 9. The predicted octanol–water partition coefficient (Wildman–Crippen LogP) is 1.91. The van der Waals surface area contributed by atoms with Crippen LogP contribution in [0, 0.1) is 16.0 Å². The van der Waals surface area contributed by atoms with Gasteiger partial charge in [-0.3, -0.25) is 24.5 Å². The predicted molar refractivity (Wildman–Crippen MR) is 97.0 cm³/mol. The summed E-state index contributed by atoms with van der Waals surface area (Å²) in [5.74, 6) is -3.08. The van der Waals surface area contributed by atoms with Gasteiger partial charge in [-0.05, 0) is 5.56 Å². The Morgan fingerprint density at radius 2 is 1.93 bits per heavy atom. The number of ether oxygens (including phenoxy) is 2. The Hall–Kier alpha value is -2.66. The number of nitrogens with one attached hydrogen (secondary N) is 1. The van der Waals surface area contributed by atoms with E-state index in [-0.39, 0.29) is 10.6 Å². The zero-order valence-electron chi connectivity index (χ0n) is 14.2. The summed E-state index contributed by atoms with van der Waals surface area (Å²) in [5.41, 5.74) is 0.277. The number of methoxy groups -OCH3 is 2. The van der Waals surface area contributed by atoms with Crippen molar-refractivity contribution in [3.8, 4) is 0 Å². The van der Waals surface area contributed by atoms with E-state index >= 15 is 0 Å². The van der Waals surface area contributed by atoms with Crippen molar-refractivity contribution in [3.05, 3.63) is 54.5 Å². The quantitative estimate of drug-likeness (QED) is 0.460. The van der Waals surface area contributed by atoms with Gasteiger partial charge in [0.1, 0.15) is 5.25 Å². The number of aromatic amines is 1. The van der Waals surface area contributed by atoms with Crippen LogP contribution in [-0.4, -0.2) is 41.3 Å². The highest BCUT2D eigenvalue weighted by molar-refractivity contribution is 8.00. The first-order chi connectivity index (χ1) is 12.9. The minimum Gasteiger partial charge on any atom is -0.469 e. The summed E-state index contributed by atoms with van der Waals surface area (Å²) in [6.45, 7) is 0. The summed E-state index contributed by atoms with van der Waals surface area (Å²) in [6.07, 6.45) is 0. The lowest BCUT2D eigenvalue weighted by Gasteiger charge is -2.33. The van der Waals surface area contributed by atoms with E-state index in [1.54, 1.807) is 6.07 Å². The molecule has 0 aliphatic carbocycles. The third kappa shape index (κ3) is 3.47. The summed E-state index contributed by atoms with van der Waals surface area (Å²) in [4.78, 5) is 50.2. The number of thiazole rings is 1. The third-order valence-corrected chi connectivity index (χ3v) is 6.59. The van der Waals surface area contributed by atoms with Crippen molar-refractivity contribution in [1.29, 1.82) is 0 Å². The number of hydrogen-bond donors (Lipinski definition) is 1. The van der Waals surface area contributed by atoms with E-state index in [1.807, 2.05) is 0 Å². The fourth-order valence-corrected chi connectivity index (χ4v) is 5.55. The minimum absolute atomic E-state index is 0.159. The standard InChI is InChI=1S/C16H14N2O7S2/c1-24-14(19)10-9(7-4-3-5-8(6-7)18(22)23)11-13(17-16(21)27-11)26-12(10)15(20)25-2/h3-6,9-10,12H,1-2H3,(H,17,21)/t9-,10-,12+/m1/s1. The Labute approximate surface area is 160 Å². The van der Waals surface area contributed by atoms with Crippen LogP contribution in [0.1, 0.15) is 16.4 Å². The summed E-state index contributed by atoms with van der Waals surface area (Å²) in [6, 6.07) is 5.77. The first-order valence-electron chi connectivity index (χ1n) is 7.67. The van der Waals surface area contributed by atoms with Crippen molar-refractivity contribution >= 4 is 40.7 Å². The Kier molecular flexibility index (Phi) is 5.33. The molecular weight excluding hydrogens is 396 g/mol. The second-order valence-electron chi connectivity index (χ2n) is 5.65. The molecule has 27 heavy (non-hydrogen) atoms. The van der Waals surface area contributed by atoms with Crippen LogP contribution < -0.4 is 4.87 Å². The molecular formula is C16H14N2O7S2. The van der Waals surface area contributed by atoms with Crippen molar-refractivity contribution in [2.75, 3.05) is 14.2 Å². The van der Waals surface area contributed by atoms with Gasteiger partial charge in [-0.1, -0.05) is 35.2 Å². The van der Waals surface area contributed by atoms with E-state index in [1.165, 1.54) is 32.4 Å². The third-order valence-electron chi connectivity index (χ3n) is 4.20. The fraction of sp³-hybridized carbons (Fsp3) is 0.312. The minimum atomic E-state index is -1.01. The van der Waals surface area contributed by atoms with Crippen molar-refractivity contribution in [3.63, 3.8) is 0 Å². The zero-order chi connectivity index (χ0) is 19.7. The Morgan fingerprint density at radius 1 is 1.22 bits per heavy atom. The molecule has 11 heteroatoms. The Bertz CT molecular complexity index is 968.